The molecule has 1 amide bonds. The minimum Gasteiger partial charge on any atom is -0.465 e. The Morgan fingerprint density at radius 2 is 2.00 bits per heavy atom. The van der Waals surface area contributed by atoms with Crippen molar-refractivity contribution in [2.45, 2.75) is 6.54 Å². The van der Waals surface area contributed by atoms with Crippen LogP contribution in [0.15, 0.2) is 71.7 Å². The van der Waals surface area contributed by atoms with Crippen molar-refractivity contribution in [3.63, 3.8) is 0 Å². The molecule has 0 spiro atoms. The van der Waals surface area contributed by atoms with Crippen molar-refractivity contribution < 1.29 is 9.21 Å². The Hall–Kier alpha value is -3.21. The second kappa shape index (κ2) is 7.17. The summed E-state index contributed by atoms with van der Waals surface area (Å²) in [6.07, 6.45) is 9.81. The fourth-order valence-corrected chi connectivity index (χ4v) is 2.14. The fourth-order valence-electron chi connectivity index (χ4n) is 2.14. The highest BCUT2D eigenvalue weighted by molar-refractivity contribution is 5.91. The van der Waals surface area contributed by atoms with Gasteiger partial charge in [0.2, 0.25) is 5.91 Å². The summed E-state index contributed by atoms with van der Waals surface area (Å²) in [7, 11) is 0. The van der Waals surface area contributed by atoms with Crippen LogP contribution in [-0.2, 0) is 11.3 Å². The molecule has 0 saturated carbocycles. The lowest BCUT2D eigenvalue weighted by Gasteiger charge is -2.08. The molecule has 114 valence electrons. The topological polar surface area (TPSA) is 68.0 Å². The van der Waals surface area contributed by atoms with E-state index in [-0.39, 0.29) is 5.91 Å². The maximum Gasteiger partial charge on any atom is 0.244 e. The van der Waals surface area contributed by atoms with Crippen LogP contribution < -0.4 is 5.32 Å². The Kier molecular flexibility index (Phi) is 4.59. The average molecular weight is 305 g/mol. The number of carbonyl (C=O) groups is 1. The zero-order valence-corrected chi connectivity index (χ0v) is 12.3. The zero-order valence-electron chi connectivity index (χ0n) is 12.3. The molecule has 0 saturated heterocycles. The number of hydrogen-bond acceptors (Lipinski definition) is 4. The zero-order chi connectivity index (χ0) is 15.9. The minimum atomic E-state index is -0.189. The van der Waals surface area contributed by atoms with Crippen molar-refractivity contribution >= 4 is 12.0 Å². The van der Waals surface area contributed by atoms with Gasteiger partial charge in [-0.1, -0.05) is 6.07 Å². The summed E-state index contributed by atoms with van der Waals surface area (Å²) in [6, 6.07) is 11.1. The van der Waals surface area contributed by atoms with Gasteiger partial charge in [0.1, 0.15) is 5.76 Å². The third-order valence-corrected chi connectivity index (χ3v) is 3.24. The number of carbonyl (C=O) groups excluding carboxylic acids is 1. The van der Waals surface area contributed by atoms with E-state index in [1.807, 2.05) is 24.3 Å². The standard InChI is InChI=1S/C18H15N3O2/c22-17(6-5-16-4-2-12-23-16)21-13-15-3-1-9-20-18(15)14-7-10-19-11-8-14/h1-12H,13H2,(H,21,22)/b6-5+. The highest BCUT2D eigenvalue weighted by Gasteiger charge is 2.06. The number of amides is 1. The van der Waals surface area contributed by atoms with Crippen LogP contribution in [0.4, 0.5) is 0 Å². The van der Waals surface area contributed by atoms with Gasteiger partial charge in [-0.05, 0) is 42.0 Å². The molecule has 5 heteroatoms. The van der Waals surface area contributed by atoms with Crippen LogP contribution in [0.1, 0.15) is 11.3 Å². The molecule has 0 aliphatic rings. The molecule has 0 unspecified atom stereocenters. The van der Waals surface area contributed by atoms with Crippen LogP contribution in [0.3, 0.4) is 0 Å². The summed E-state index contributed by atoms with van der Waals surface area (Å²) in [6.45, 7) is 0.396. The maximum absolute atomic E-state index is 11.9. The van der Waals surface area contributed by atoms with E-state index >= 15 is 0 Å². The fraction of sp³-hybridized carbons (Fsp3) is 0.0556. The van der Waals surface area contributed by atoms with E-state index in [1.54, 1.807) is 43.1 Å². The second-order valence-electron chi connectivity index (χ2n) is 4.81. The Labute approximate surface area is 133 Å². The van der Waals surface area contributed by atoms with Crippen molar-refractivity contribution in [3.8, 4) is 11.3 Å². The number of nitrogens with zero attached hydrogens (tertiary/aromatic N) is 2. The Bertz CT molecular complexity index is 796. The third kappa shape index (κ3) is 3.91. The molecule has 3 aromatic rings. The molecule has 23 heavy (non-hydrogen) atoms. The first-order valence-electron chi connectivity index (χ1n) is 7.16. The molecule has 1 N–H and O–H groups in total. The highest BCUT2D eigenvalue weighted by Crippen LogP contribution is 2.19. The lowest BCUT2D eigenvalue weighted by Crippen LogP contribution is -2.20. The first-order chi connectivity index (χ1) is 11.3. The van der Waals surface area contributed by atoms with Crippen molar-refractivity contribution in [3.05, 3.63) is 78.7 Å². The number of hydrogen-bond donors (Lipinski definition) is 1. The van der Waals surface area contributed by atoms with Crippen LogP contribution in [0.5, 0.6) is 0 Å². The molecule has 0 bridgehead atoms. The van der Waals surface area contributed by atoms with Gasteiger partial charge in [-0.2, -0.15) is 0 Å². The molecular weight excluding hydrogens is 290 g/mol. The molecule has 0 aliphatic heterocycles. The smallest absolute Gasteiger partial charge is 0.244 e. The van der Waals surface area contributed by atoms with Gasteiger partial charge in [-0.15, -0.1) is 0 Å². The molecular formula is C18H15N3O2. The summed E-state index contributed by atoms with van der Waals surface area (Å²) >= 11 is 0. The first kappa shape index (κ1) is 14.7. The minimum absolute atomic E-state index is 0.189. The number of aromatic nitrogens is 2. The van der Waals surface area contributed by atoms with Crippen molar-refractivity contribution in [1.82, 2.24) is 15.3 Å². The molecule has 3 aromatic heterocycles. The Morgan fingerprint density at radius 3 is 2.78 bits per heavy atom. The van der Waals surface area contributed by atoms with Gasteiger partial charge in [-0.3, -0.25) is 14.8 Å². The van der Waals surface area contributed by atoms with Gasteiger partial charge < -0.3 is 9.73 Å². The summed E-state index contributed by atoms with van der Waals surface area (Å²) in [4.78, 5) is 20.3. The van der Waals surface area contributed by atoms with E-state index in [0.29, 0.717) is 12.3 Å². The van der Waals surface area contributed by atoms with E-state index in [1.165, 1.54) is 6.08 Å². The van der Waals surface area contributed by atoms with Crippen LogP contribution in [-0.4, -0.2) is 15.9 Å². The van der Waals surface area contributed by atoms with E-state index in [9.17, 15) is 4.79 Å². The summed E-state index contributed by atoms with van der Waals surface area (Å²) in [5.74, 6) is 0.449. The van der Waals surface area contributed by atoms with Crippen molar-refractivity contribution in [2.75, 3.05) is 0 Å². The highest BCUT2D eigenvalue weighted by atomic mass is 16.3. The van der Waals surface area contributed by atoms with Gasteiger partial charge in [0.05, 0.1) is 12.0 Å². The molecule has 0 atom stereocenters. The third-order valence-electron chi connectivity index (χ3n) is 3.24. The SMILES string of the molecule is O=C(/C=C/c1ccco1)NCc1cccnc1-c1ccncc1. The van der Waals surface area contributed by atoms with Crippen LogP contribution in [0, 0.1) is 0 Å². The Morgan fingerprint density at radius 1 is 1.13 bits per heavy atom. The van der Waals surface area contributed by atoms with Gasteiger partial charge >= 0.3 is 0 Å². The molecule has 0 aliphatic carbocycles. The van der Waals surface area contributed by atoms with Crippen LogP contribution in [0.25, 0.3) is 17.3 Å². The lowest BCUT2D eigenvalue weighted by atomic mass is 10.1. The number of pyridine rings is 2. The van der Waals surface area contributed by atoms with Crippen molar-refractivity contribution in [2.24, 2.45) is 0 Å². The quantitative estimate of drug-likeness (QED) is 0.736. The first-order valence-corrected chi connectivity index (χ1v) is 7.16. The van der Waals surface area contributed by atoms with Gasteiger partial charge in [-0.25, -0.2) is 0 Å². The molecule has 0 aromatic carbocycles. The number of furan rings is 1. The van der Waals surface area contributed by atoms with E-state index in [2.05, 4.69) is 15.3 Å². The van der Waals surface area contributed by atoms with Crippen LogP contribution >= 0.6 is 0 Å². The normalized spacial score (nSPS) is 10.8. The second-order valence-corrected chi connectivity index (χ2v) is 4.81. The molecule has 0 fully saturated rings. The van der Waals surface area contributed by atoms with Gasteiger partial charge in [0.25, 0.3) is 0 Å². The average Bonchev–Trinajstić information content (AvgIpc) is 3.13. The van der Waals surface area contributed by atoms with E-state index in [0.717, 1.165) is 16.8 Å². The molecule has 0 radical (unpaired) electrons. The van der Waals surface area contributed by atoms with Gasteiger partial charge in [0, 0.05) is 36.8 Å². The summed E-state index contributed by atoms with van der Waals surface area (Å²) < 4.78 is 5.14. The largest absolute Gasteiger partial charge is 0.465 e. The summed E-state index contributed by atoms with van der Waals surface area (Å²) in [5.41, 5.74) is 2.75. The molecule has 3 rings (SSSR count). The maximum atomic E-state index is 11.9. The molecule has 3 heterocycles. The number of rotatable bonds is 5. The molecule has 5 nitrogen and oxygen atoms in total. The van der Waals surface area contributed by atoms with Crippen LogP contribution in [0.2, 0.25) is 0 Å². The monoisotopic (exact) mass is 305 g/mol. The Balaban J connectivity index is 1.68. The predicted molar refractivity (Wildman–Crippen MR) is 87.1 cm³/mol. The predicted octanol–water partition coefficient (Wildman–Crippen LogP) is 3.07. The van der Waals surface area contributed by atoms with Crippen molar-refractivity contribution in [1.29, 1.82) is 0 Å². The number of nitrogens with one attached hydrogen (secondary N) is 1. The van der Waals surface area contributed by atoms with E-state index < -0.39 is 0 Å². The summed E-state index contributed by atoms with van der Waals surface area (Å²) in [5, 5.41) is 2.85. The van der Waals surface area contributed by atoms with E-state index in [4.69, 9.17) is 4.42 Å². The lowest BCUT2D eigenvalue weighted by molar-refractivity contribution is -0.116. The van der Waals surface area contributed by atoms with Gasteiger partial charge in [0.15, 0.2) is 0 Å².